The Morgan fingerprint density at radius 3 is 2.60 bits per heavy atom. The van der Waals surface area contributed by atoms with Gasteiger partial charge < -0.3 is 15.3 Å². The van der Waals surface area contributed by atoms with E-state index in [9.17, 15) is 0 Å². The zero-order chi connectivity index (χ0) is 7.56. The van der Waals surface area contributed by atoms with Crippen molar-refractivity contribution in [1.29, 1.82) is 0 Å². The maximum atomic E-state index is 9.12. The van der Waals surface area contributed by atoms with Crippen LogP contribution in [0.4, 0.5) is 0 Å². The van der Waals surface area contributed by atoms with Crippen molar-refractivity contribution < 1.29 is 15.3 Å². The van der Waals surface area contributed by atoms with Crippen LogP contribution in [0.3, 0.4) is 0 Å². The van der Waals surface area contributed by atoms with Gasteiger partial charge in [-0.3, -0.25) is 5.43 Å². The summed E-state index contributed by atoms with van der Waals surface area (Å²) < 4.78 is 0. The fourth-order valence-electron chi connectivity index (χ4n) is 0.923. The molecule has 5 heteroatoms. The number of aliphatic hydroxyl groups is 3. The van der Waals surface area contributed by atoms with E-state index in [2.05, 4.69) is 10.9 Å². The average Bonchev–Trinajstić information content (AvgIpc) is 1.95. The van der Waals surface area contributed by atoms with Crippen LogP contribution in [0, 0.1) is 0 Å². The van der Waals surface area contributed by atoms with Crippen LogP contribution < -0.4 is 10.9 Å². The number of hydrogen-bond donors (Lipinski definition) is 5. The number of aliphatic hydroxyl groups excluding tert-OH is 3. The van der Waals surface area contributed by atoms with Gasteiger partial charge in [0, 0.05) is 6.54 Å². The summed E-state index contributed by atoms with van der Waals surface area (Å²) in [5.74, 6) is 0. The van der Waals surface area contributed by atoms with E-state index in [0.717, 1.165) is 0 Å². The third-order valence-electron chi connectivity index (χ3n) is 1.60. The molecule has 10 heavy (non-hydrogen) atoms. The summed E-state index contributed by atoms with van der Waals surface area (Å²) in [5.41, 5.74) is 5.28. The van der Waals surface area contributed by atoms with E-state index in [0.29, 0.717) is 6.54 Å². The lowest BCUT2D eigenvalue weighted by atomic mass is 10.1. The number of hydrazine groups is 1. The molecule has 1 heterocycles. The minimum Gasteiger partial charge on any atom is -0.395 e. The van der Waals surface area contributed by atoms with Crippen LogP contribution >= 0.6 is 0 Å². The lowest BCUT2D eigenvalue weighted by Crippen LogP contribution is -2.62. The minimum absolute atomic E-state index is 0.189. The topological polar surface area (TPSA) is 84.8 Å². The molecule has 0 aromatic rings. The second-order valence-corrected chi connectivity index (χ2v) is 2.37. The number of β-amino-alcohol motifs (C(OH)–C–C–N with tert-alkyl or cyclic N) is 1. The predicted molar refractivity (Wildman–Crippen MR) is 34.0 cm³/mol. The second kappa shape index (κ2) is 3.27. The summed E-state index contributed by atoms with van der Waals surface area (Å²) in [6.45, 7) is 0.114. The van der Waals surface area contributed by atoms with Crippen molar-refractivity contribution in [3.8, 4) is 0 Å². The van der Waals surface area contributed by atoms with Crippen molar-refractivity contribution in [2.75, 3.05) is 13.2 Å². The Balaban J connectivity index is 2.42. The van der Waals surface area contributed by atoms with Crippen molar-refractivity contribution >= 4 is 0 Å². The van der Waals surface area contributed by atoms with E-state index in [-0.39, 0.29) is 6.61 Å². The highest BCUT2D eigenvalue weighted by Gasteiger charge is 2.29. The van der Waals surface area contributed by atoms with Crippen LogP contribution in [0.25, 0.3) is 0 Å². The molecule has 0 radical (unpaired) electrons. The van der Waals surface area contributed by atoms with E-state index in [1.54, 1.807) is 0 Å². The fourth-order valence-corrected chi connectivity index (χ4v) is 0.923. The van der Waals surface area contributed by atoms with E-state index < -0.39 is 18.2 Å². The molecular weight excluding hydrogens is 137 g/mol. The summed E-state index contributed by atoms with van der Waals surface area (Å²) in [4.78, 5) is 0. The van der Waals surface area contributed by atoms with Gasteiger partial charge in [-0.15, -0.1) is 0 Å². The molecule has 0 aromatic carbocycles. The summed E-state index contributed by atoms with van der Waals surface area (Å²) in [6, 6.07) is -0.469. The molecule has 0 aromatic heterocycles. The molecule has 0 unspecified atom stereocenters. The standard InChI is InChI=1S/C5H12N2O3/c8-2-3-5(10)4(9)1-6-7-3/h3-10H,1-2H2/t3-,4-,5-/m1/s1/i7+1. The van der Waals surface area contributed by atoms with Gasteiger partial charge in [0.15, 0.2) is 0 Å². The summed E-state index contributed by atoms with van der Waals surface area (Å²) >= 11 is 0. The van der Waals surface area contributed by atoms with Crippen LogP contribution in [0.1, 0.15) is 0 Å². The van der Waals surface area contributed by atoms with E-state index in [4.69, 9.17) is 15.3 Å². The first kappa shape index (κ1) is 7.90. The number of rotatable bonds is 1. The Bertz CT molecular complexity index is 111. The molecule has 0 saturated carbocycles. The third-order valence-corrected chi connectivity index (χ3v) is 1.60. The fraction of sp³-hybridized carbons (Fsp3) is 1.00. The highest BCUT2D eigenvalue weighted by Crippen LogP contribution is 2.01. The van der Waals surface area contributed by atoms with Gasteiger partial charge in [0.1, 0.15) is 6.10 Å². The van der Waals surface area contributed by atoms with Crippen LogP contribution in [-0.4, -0.2) is 46.7 Å². The Kier molecular flexibility index (Phi) is 2.58. The summed E-state index contributed by atoms with van der Waals surface area (Å²) in [7, 11) is 0. The molecule has 3 atom stereocenters. The van der Waals surface area contributed by atoms with Crippen molar-refractivity contribution in [1.82, 2.24) is 10.9 Å². The highest BCUT2D eigenvalue weighted by molar-refractivity contribution is 4.84. The first-order chi connectivity index (χ1) is 4.75. The molecule has 0 amide bonds. The smallest absolute Gasteiger partial charge is 0.100 e. The molecule has 0 spiro atoms. The minimum atomic E-state index is -0.883. The van der Waals surface area contributed by atoms with Gasteiger partial charge in [-0.1, -0.05) is 0 Å². The molecular formula is C5H12N2O3. The molecule has 0 bridgehead atoms. The molecule has 5 N–H and O–H groups in total. The zero-order valence-corrected chi connectivity index (χ0v) is 5.49. The molecule has 1 aliphatic heterocycles. The molecule has 1 saturated heterocycles. The highest BCUT2D eigenvalue weighted by atomic mass is 16.3. The molecule has 1 fully saturated rings. The quantitative estimate of drug-likeness (QED) is 0.260. The van der Waals surface area contributed by atoms with Gasteiger partial charge in [-0.25, -0.2) is 5.43 Å². The maximum Gasteiger partial charge on any atom is 0.100 e. The van der Waals surface area contributed by atoms with Crippen LogP contribution in [0.5, 0.6) is 0 Å². The molecule has 1 aliphatic rings. The predicted octanol–water partition coefficient (Wildman–Crippen LogP) is -2.82. The van der Waals surface area contributed by atoms with Gasteiger partial charge in [0.25, 0.3) is 0 Å². The summed E-state index contributed by atoms with van der Waals surface area (Å²) in [5, 5.41) is 26.7. The van der Waals surface area contributed by atoms with Crippen molar-refractivity contribution in [2.45, 2.75) is 18.2 Å². The van der Waals surface area contributed by atoms with E-state index in [1.807, 2.05) is 0 Å². The van der Waals surface area contributed by atoms with Crippen LogP contribution in [0.15, 0.2) is 0 Å². The second-order valence-electron chi connectivity index (χ2n) is 2.37. The Morgan fingerprint density at radius 1 is 1.40 bits per heavy atom. The van der Waals surface area contributed by atoms with Crippen LogP contribution in [-0.2, 0) is 0 Å². The SMILES string of the molecule is OC[C@H]1[15NH]NC[C@@H](O)[C@@H]1O. The monoisotopic (exact) mass is 149 g/mol. The zero-order valence-electron chi connectivity index (χ0n) is 5.49. The van der Waals surface area contributed by atoms with Crippen LogP contribution in [0.2, 0.25) is 0 Å². The lowest BCUT2D eigenvalue weighted by molar-refractivity contribution is -0.0433. The van der Waals surface area contributed by atoms with Crippen molar-refractivity contribution in [3.63, 3.8) is 0 Å². The molecule has 60 valence electrons. The number of nitrogens with one attached hydrogen (secondary N) is 2. The van der Waals surface area contributed by atoms with Gasteiger partial charge in [0.05, 0.1) is 18.8 Å². The molecule has 0 aliphatic carbocycles. The van der Waals surface area contributed by atoms with E-state index in [1.165, 1.54) is 0 Å². The average molecular weight is 149 g/mol. The normalized spacial score (nSPS) is 41.7. The molecule has 5 nitrogen and oxygen atoms in total. The third kappa shape index (κ3) is 1.44. The van der Waals surface area contributed by atoms with Gasteiger partial charge >= 0.3 is 0 Å². The Hall–Kier alpha value is -0.200. The van der Waals surface area contributed by atoms with Gasteiger partial charge in [0.2, 0.25) is 0 Å². The van der Waals surface area contributed by atoms with Gasteiger partial charge in [-0.05, 0) is 0 Å². The molecule has 1 rings (SSSR count). The largest absolute Gasteiger partial charge is 0.395 e. The summed E-state index contributed by atoms with van der Waals surface area (Å²) in [6.07, 6.45) is -1.68. The first-order valence-corrected chi connectivity index (χ1v) is 3.21. The first-order valence-electron chi connectivity index (χ1n) is 3.21. The Labute approximate surface area is 58.6 Å². The maximum absolute atomic E-state index is 9.12. The number of hydrogen-bond acceptors (Lipinski definition) is 5. The van der Waals surface area contributed by atoms with Crippen molar-refractivity contribution in [3.05, 3.63) is 0 Å². The van der Waals surface area contributed by atoms with Crippen molar-refractivity contribution in [2.24, 2.45) is 0 Å². The van der Waals surface area contributed by atoms with Gasteiger partial charge in [-0.2, -0.15) is 0 Å². The van der Waals surface area contributed by atoms with E-state index >= 15 is 0 Å². The Morgan fingerprint density at radius 2 is 2.10 bits per heavy atom. The lowest BCUT2D eigenvalue weighted by Gasteiger charge is -2.31.